The smallest absolute Gasteiger partial charge is 0.349 e. The van der Waals surface area contributed by atoms with Crippen molar-refractivity contribution < 1.29 is 23.8 Å². The largest absolute Gasteiger partial charge is 0.488 e. The lowest BCUT2D eigenvalue weighted by atomic mass is 10.1. The summed E-state index contributed by atoms with van der Waals surface area (Å²) in [5.41, 5.74) is 1.95. The van der Waals surface area contributed by atoms with Crippen LogP contribution in [0.2, 0.25) is 0 Å². The maximum Gasteiger partial charge on any atom is 0.349 e. The van der Waals surface area contributed by atoms with Crippen molar-refractivity contribution in [1.29, 1.82) is 0 Å². The van der Waals surface area contributed by atoms with E-state index in [1.54, 1.807) is 17.9 Å². The van der Waals surface area contributed by atoms with Crippen LogP contribution in [0.5, 0.6) is 5.75 Å². The number of benzene rings is 1. The third-order valence-corrected chi connectivity index (χ3v) is 5.67. The predicted molar refractivity (Wildman–Crippen MR) is 96.4 cm³/mol. The number of carbonyl (C=O) groups excluding carboxylic acids is 2. The van der Waals surface area contributed by atoms with Crippen molar-refractivity contribution in [2.24, 2.45) is 0 Å². The van der Waals surface area contributed by atoms with Crippen molar-refractivity contribution in [3.05, 3.63) is 40.8 Å². The van der Waals surface area contributed by atoms with Crippen molar-refractivity contribution in [3.8, 4) is 16.2 Å². The number of rotatable bonds is 3. The van der Waals surface area contributed by atoms with Gasteiger partial charge in [-0.25, -0.2) is 4.79 Å². The van der Waals surface area contributed by atoms with Crippen LogP contribution in [-0.2, 0) is 20.9 Å². The van der Waals surface area contributed by atoms with Crippen LogP contribution in [-0.4, -0.2) is 49.2 Å². The number of para-hydroxylation sites is 1. The van der Waals surface area contributed by atoms with E-state index in [-0.39, 0.29) is 5.91 Å². The van der Waals surface area contributed by atoms with Gasteiger partial charge in [-0.05, 0) is 25.1 Å². The Morgan fingerprint density at radius 2 is 2.00 bits per heavy atom. The molecule has 1 amide bonds. The Hall–Kier alpha value is -2.38. The predicted octanol–water partition coefficient (Wildman–Crippen LogP) is 2.71. The molecule has 1 fully saturated rings. The number of hydrogen-bond acceptors (Lipinski definition) is 6. The summed E-state index contributed by atoms with van der Waals surface area (Å²) >= 11 is 1.38. The minimum Gasteiger partial charge on any atom is -0.488 e. The van der Waals surface area contributed by atoms with Crippen LogP contribution < -0.4 is 4.74 Å². The molecule has 136 valence electrons. The highest BCUT2D eigenvalue weighted by atomic mass is 32.1. The van der Waals surface area contributed by atoms with Gasteiger partial charge in [0.2, 0.25) is 0 Å². The van der Waals surface area contributed by atoms with E-state index in [2.05, 4.69) is 0 Å². The highest BCUT2D eigenvalue weighted by Crippen LogP contribution is 2.42. The number of thiophene rings is 1. The summed E-state index contributed by atoms with van der Waals surface area (Å²) in [7, 11) is 0. The van der Waals surface area contributed by atoms with E-state index in [9.17, 15) is 9.59 Å². The average Bonchev–Trinajstić information content (AvgIpc) is 3.13. The van der Waals surface area contributed by atoms with Gasteiger partial charge in [-0.15, -0.1) is 11.3 Å². The molecule has 0 N–H and O–H groups in total. The van der Waals surface area contributed by atoms with Gasteiger partial charge in [0.25, 0.3) is 5.91 Å². The molecule has 1 atom stereocenters. The van der Waals surface area contributed by atoms with Gasteiger partial charge in [0.1, 0.15) is 17.2 Å². The summed E-state index contributed by atoms with van der Waals surface area (Å²) < 4.78 is 16.4. The zero-order valence-electron chi connectivity index (χ0n) is 14.4. The second kappa shape index (κ2) is 7.09. The minimum absolute atomic E-state index is 0.184. The van der Waals surface area contributed by atoms with Gasteiger partial charge in [0.15, 0.2) is 6.10 Å². The van der Waals surface area contributed by atoms with Gasteiger partial charge in [0, 0.05) is 29.1 Å². The molecule has 2 aliphatic rings. The lowest BCUT2D eigenvalue weighted by Gasteiger charge is -2.28. The Morgan fingerprint density at radius 1 is 1.23 bits per heavy atom. The molecule has 0 saturated carbocycles. The van der Waals surface area contributed by atoms with Crippen LogP contribution in [0.3, 0.4) is 0 Å². The Labute approximate surface area is 155 Å². The molecule has 7 heteroatoms. The second-order valence-corrected chi connectivity index (χ2v) is 7.29. The summed E-state index contributed by atoms with van der Waals surface area (Å²) in [5, 5.41) is 0. The Bertz CT molecular complexity index is 840. The number of esters is 1. The quantitative estimate of drug-likeness (QED) is 0.774. The molecule has 2 aromatic rings. The fourth-order valence-corrected chi connectivity index (χ4v) is 4.19. The van der Waals surface area contributed by atoms with Crippen molar-refractivity contribution in [1.82, 2.24) is 4.90 Å². The lowest BCUT2D eigenvalue weighted by Crippen LogP contribution is -2.46. The molecular formula is C19H19NO5S. The van der Waals surface area contributed by atoms with E-state index < -0.39 is 12.1 Å². The zero-order valence-corrected chi connectivity index (χ0v) is 15.2. The van der Waals surface area contributed by atoms with Gasteiger partial charge in [-0.3, -0.25) is 4.79 Å². The fourth-order valence-electron chi connectivity index (χ4n) is 3.11. The Morgan fingerprint density at radius 3 is 2.81 bits per heavy atom. The Kier molecular flexibility index (Phi) is 4.65. The number of nitrogens with zero attached hydrogens (tertiary/aromatic N) is 1. The molecule has 6 nitrogen and oxygen atoms in total. The molecule has 3 heterocycles. The van der Waals surface area contributed by atoms with Gasteiger partial charge in [0.05, 0.1) is 13.2 Å². The molecule has 0 spiro atoms. The Balaban J connectivity index is 1.48. The van der Waals surface area contributed by atoms with E-state index >= 15 is 0 Å². The lowest BCUT2D eigenvalue weighted by molar-refractivity contribution is -0.143. The van der Waals surface area contributed by atoms with Crippen LogP contribution in [0.25, 0.3) is 10.4 Å². The molecule has 4 rings (SSSR count). The van der Waals surface area contributed by atoms with Gasteiger partial charge in [-0.1, -0.05) is 12.1 Å². The van der Waals surface area contributed by atoms with E-state index in [1.165, 1.54) is 11.3 Å². The molecule has 1 saturated heterocycles. The number of fused-ring (bicyclic) bond motifs is 3. The highest BCUT2D eigenvalue weighted by molar-refractivity contribution is 7.17. The number of amides is 1. The topological polar surface area (TPSA) is 65.1 Å². The number of morpholine rings is 1. The van der Waals surface area contributed by atoms with E-state index in [0.717, 1.165) is 21.8 Å². The van der Waals surface area contributed by atoms with Crippen molar-refractivity contribution >= 4 is 23.2 Å². The molecule has 1 aromatic heterocycles. The van der Waals surface area contributed by atoms with Gasteiger partial charge in [-0.2, -0.15) is 0 Å². The van der Waals surface area contributed by atoms with Gasteiger partial charge >= 0.3 is 5.97 Å². The summed E-state index contributed by atoms with van der Waals surface area (Å²) in [4.78, 5) is 28.1. The molecular weight excluding hydrogens is 354 g/mol. The summed E-state index contributed by atoms with van der Waals surface area (Å²) in [6, 6.07) is 9.55. The average molecular weight is 373 g/mol. The molecule has 26 heavy (non-hydrogen) atoms. The SMILES string of the molecule is CC(OC(=O)c1cc2c(s1)-c1ccccc1OC2)C(=O)N1CCOCC1. The van der Waals surface area contributed by atoms with Crippen LogP contribution in [0, 0.1) is 0 Å². The maximum atomic E-state index is 12.5. The molecule has 1 unspecified atom stereocenters. The van der Waals surface area contributed by atoms with Crippen molar-refractivity contribution in [3.63, 3.8) is 0 Å². The third-order valence-electron chi connectivity index (χ3n) is 4.48. The third kappa shape index (κ3) is 3.20. The molecule has 0 radical (unpaired) electrons. The summed E-state index contributed by atoms with van der Waals surface area (Å²) in [6.45, 7) is 4.14. The van der Waals surface area contributed by atoms with Crippen molar-refractivity contribution in [2.75, 3.05) is 26.3 Å². The maximum absolute atomic E-state index is 12.5. The number of hydrogen-bond donors (Lipinski definition) is 0. The molecule has 0 aliphatic carbocycles. The molecule has 2 aliphatic heterocycles. The zero-order chi connectivity index (χ0) is 18.1. The first-order chi connectivity index (χ1) is 12.6. The van der Waals surface area contributed by atoms with Crippen LogP contribution in [0.15, 0.2) is 30.3 Å². The fraction of sp³-hybridized carbons (Fsp3) is 0.368. The molecule has 1 aromatic carbocycles. The first kappa shape index (κ1) is 17.1. The van der Waals surface area contributed by atoms with E-state index in [4.69, 9.17) is 14.2 Å². The number of ether oxygens (including phenoxy) is 3. The molecule has 0 bridgehead atoms. The van der Waals surface area contributed by atoms with Crippen molar-refractivity contribution in [2.45, 2.75) is 19.6 Å². The first-order valence-electron chi connectivity index (χ1n) is 8.56. The summed E-state index contributed by atoms with van der Waals surface area (Å²) in [6.07, 6.45) is -0.816. The van der Waals surface area contributed by atoms with Crippen LogP contribution in [0.1, 0.15) is 22.2 Å². The van der Waals surface area contributed by atoms with E-state index in [0.29, 0.717) is 37.8 Å². The van der Waals surface area contributed by atoms with Crippen LogP contribution >= 0.6 is 11.3 Å². The first-order valence-corrected chi connectivity index (χ1v) is 9.37. The van der Waals surface area contributed by atoms with Crippen LogP contribution in [0.4, 0.5) is 0 Å². The summed E-state index contributed by atoms with van der Waals surface area (Å²) in [5.74, 6) is 0.158. The van der Waals surface area contributed by atoms with Gasteiger partial charge < -0.3 is 19.1 Å². The second-order valence-electron chi connectivity index (χ2n) is 6.24. The standard InChI is InChI=1S/C19H19NO5S/c1-12(18(21)20-6-8-23-9-7-20)25-19(22)16-10-13-11-24-15-5-3-2-4-14(15)17(13)26-16/h2-5,10,12H,6-9,11H2,1H3. The normalized spacial score (nSPS) is 16.9. The highest BCUT2D eigenvalue weighted by Gasteiger charge is 2.28. The number of carbonyl (C=O) groups is 2. The minimum atomic E-state index is -0.816. The van der Waals surface area contributed by atoms with E-state index in [1.807, 2.05) is 24.3 Å². The monoisotopic (exact) mass is 373 g/mol.